The first-order chi connectivity index (χ1) is 9.61. The lowest BCUT2D eigenvalue weighted by molar-refractivity contribution is 0.544. The van der Waals surface area contributed by atoms with Crippen LogP contribution in [0.5, 0.6) is 0 Å². The van der Waals surface area contributed by atoms with Gasteiger partial charge in [-0.3, -0.25) is 0 Å². The van der Waals surface area contributed by atoms with Gasteiger partial charge in [-0.15, -0.1) is 0 Å². The summed E-state index contributed by atoms with van der Waals surface area (Å²) in [5, 5.41) is 0. The smallest absolute Gasteiger partial charge is 0.199 e. The number of hydrogen-bond donors (Lipinski definition) is 0. The van der Waals surface area contributed by atoms with Gasteiger partial charge >= 0.3 is 0 Å². The molecule has 0 fully saturated rings. The van der Waals surface area contributed by atoms with E-state index in [0.717, 1.165) is 27.9 Å². The normalized spacial score (nSPS) is 11.4. The molecule has 0 saturated carbocycles. The van der Waals surface area contributed by atoms with Crippen LogP contribution < -0.4 is 0 Å². The van der Waals surface area contributed by atoms with E-state index in [1.54, 1.807) is 0 Å². The first-order valence-electron chi connectivity index (χ1n) is 6.75. The van der Waals surface area contributed by atoms with Gasteiger partial charge in [0.1, 0.15) is 5.52 Å². The molecule has 1 heterocycles. The van der Waals surface area contributed by atoms with Crippen LogP contribution in [-0.2, 0) is 6.42 Å². The van der Waals surface area contributed by atoms with Crippen molar-refractivity contribution in [2.24, 2.45) is 0 Å². The molecule has 0 aliphatic carbocycles. The lowest BCUT2D eigenvalue weighted by atomic mass is 10.0. The Morgan fingerprint density at radius 1 is 1.10 bits per heavy atom. The fourth-order valence-electron chi connectivity index (χ4n) is 2.20. The van der Waals surface area contributed by atoms with Crippen molar-refractivity contribution in [3.05, 3.63) is 64.0 Å². The molecule has 1 aromatic heterocycles. The molecule has 2 aromatic carbocycles. The fraction of sp³-hybridized carbons (Fsp3) is 0.235. The molecule has 3 rings (SSSR count). The predicted molar refractivity (Wildman–Crippen MR) is 85.0 cm³/mol. The van der Waals surface area contributed by atoms with Crippen LogP contribution in [0.4, 0.5) is 0 Å². The molecule has 0 N–H and O–H groups in total. The summed E-state index contributed by atoms with van der Waals surface area (Å²) >= 11 is 3.44. The molecular formula is C17H16BrNO. The minimum absolute atomic E-state index is 0.506. The Morgan fingerprint density at radius 2 is 1.85 bits per heavy atom. The minimum atomic E-state index is 0.506. The Kier molecular flexibility index (Phi) is 3.62. The van der Waals surface area contributed by atoms with Crippen LogP contribution in [0.1, 0.15) is 36.8 Å². The van der Waals surface area contributed by atoms with E-state index < -0.39 is 0 Å². The van der Waals surface area contributed by atoms with Gasteiger partial charge in [0.05, 0.1) is 0 Å². The van der Waals surface area contributed by atoms with E-state index in [2.05, 4.69) is 59.0 Å². The Balaban J connectivity index is 1.90. The maximum Gasteiger partial charge on any atom is 0.199 e. The third kappa shape index (κ3) is 2.78. The van der Waals surface area contributed by atoms with Gasteiger partial charge in [0, 0.05) is 10.9 Å². The standard InChI is InChI=1S/C17H16BrNO/c1-11(2)13-5-8-16-15(10-13)19-17(20-16)9-12-3-6-14(18)7-4-12/h3-8,10-11H,9H2,1-2H3. The van der Waals surface area contributed by atoms with Gasteiger partial charge in [0.15, 0.2) is 11.5 Å². The Labute approximate surface area is 127 Å². The summed E-state index contributed by atoms with van der Waals surface area (Å²) in [5.41, 5.74) is 4.30. The Morgan fingerprint density at radius 3 is 2.55 bits per heavy atom. The summed E-state index contributed by atoms with van der Waals surface area (Å²) in [6.45, 7) is 4.37. The lowest BCUT2D eigenvalue weighted by Gasteiger charge is -2.02. The second-order valence-electron chi connectivity index (χ2n) is 5.29. The average Bonchev–Trinajstić information content (AvgIpc) is 2.82. The van der Waals surface area contributed by atoms with Gasteiger partial charge in [-0.1, -0.05) is 48.0 Å². The van der Waals surface area contributed by atoms with E-state index in [0.29, 0.717) is 5.92 Å². The van der Waals surface area contributed by atoms with Crippen molar-refractivity contribution in [3.63, 3.8) is 0 Å². The molecule has 0 atom stereocenters. The zero-order chi connectivity index (χ0) is 14.1. The Hall–Kier alpha value is -1.61. The monoisotopic (exact) mass is 329 g/mol. The molecule has 0 saturated heterocycles. The van der Waals surface area contributed by atoms with Gasteiger partial charge in [0.2, 0.25) is 0 Å². The van der Waals surface area contributed by atoms with Gasteiger partial charge in [-0.2, -0.15) is 0 Å². The highest BCUT2D eigenvalue weighted by Gasteiger charge is 2.08. The fourth-order valence-corrected chi connectivity index (χ4v) is 2.47. The molecule has 0 bridgehead atoms. The molecule has 0 aliphatic rings. The zero-order valence-electron chi connectivity index (χ0n) is 11.6. The summed E-state index contributed by atoms with van der Waals surface area (Å²) < 4.78 is 6.90. The summed E-state index contributed by atoms with van der Waals surface area (Å²) in [6.07, 6.45) is 0.721. The molecule has 0 unspecified atom stereocenters. The summed E-state index contributed by atoms with van der Waals surface area (Å²) in [6, 6.07) is 14.5. The second kappa shape index (κ2) is 5.41. The van der Waals surface area contributed by atoms with E-state index in [1.165, 1.54) is 11.1 Å². The van der Waals surface area contributed by atoms with Crippen molar-refractivity contribution in [3.8, 4) is 0 Å². The van der Waals surface area contributed by atoms with Gasteiger partial charge in [-0.25, -0.2) is 4.98 Å². The quantitative estimate of drug-likeness (QED) is 0.651. The largest absolute Gasteiger partial charge is 0.440 e. The minimum Gasteiger partial charge on any atom is -0.440 e. The van der Waals surface area contributed by atoms with E-state index >= 15 is 0 Å². The molecule has 2 nitrogen and oxygen atoms in total. The van der Waals surface area contributed by atoms with Crippen LogP contribution >= 0.6 is 15.9 Å². The second-order valence-corrected chi connectivity index (χ2v) is 6.21. The highest BCUT2D eigenvalue weighted by atomic mass is 79.9. The number of oxazole rings is 1. The van der Waals surface area contributed by atoms with Crippen LogP contribution in [0.15, 0.2) is 51.4 Å². The zero-order valence-corrected chi connectivity index (χ0v) is 13.1. The molecule has 0 aliphatic heterocycles. The van der Waals surface area contributed by atoms with Gasteiger partial charge in [-0.05, 0) is 41.3 Å². The topological polar surface area (TPSA) is 26.0 Å². The van der Waals surface area contributed by atoms with Crippen LogP contribution in [0, 0.1) is 0 Å². The van der Waals surface area contributed by atoms with Crippen LogP contribution in [-0.4, -0.2) is 4.98 Å². The predicted octanol–water partition coefficient (Wildman–Crippen LogP) is 5.30. The van der Waals surface area contributed by atoms with Crippen LogP contribution in [0.3, 0.4) is 0 Å². The maximum atomic E-state index is 5.81. The highest BCUT2D eigenvalue weighted by molar-refractivity contribution is 9.10. The SMILES string of the molecule is CC(C)c1ccc2oc(Cc3ccc(Br)cc3)nc2c1. The number of rotatable bonds is 3. The third-order valence-electron chi connectivity index (χ3n) is 3.39. The third-order valence-corrected chi connectivity index (χ3v) is 3.92. The van der Waals surface area contributed by atoms with Crippen molar-refractivity contribution < 1.29 is 4.42 Å². The van der Waals surface area contributed by atoms with Crippen molar-refractivity contribution in [2.75, 3.05) is 0 Å². The van der Waals surface area contributed by atoms with E-state index in [4.69, 9.17) is 4.42 Å². The number of benzene rings is 2. The number of nitrogens with zero attached hydrogens (tertiary/aromatic N) is 1. The summed E-state index contributed by atoms with van der Waals surface area (Å²) in [7, 11) is 0. The summed E-state index contributed by atoms with van der Waals surface area (Å²) in [5.74, 6) is 1.27. The molecule has 0 amide bonds. The average molecular weight is 330 g/mol. The maximum absolute atomic E-state index is 5.81. The number of fused-ring (bicyclic) bond motifs is 1. The lowest BCUT2D eigenvalue weighted by Crippen LogP contribution is -1.88. The number of aromatic nitrogens is 1. The van der Waals surface area contributed by atoms with Crippen LogP contribution in [0.25, 0.3) is 11.1 Å². The summed E-state index contributed by atoms with van der Waals surface area (Å²) in [4.78, 5) is 4.60. The van der Waals surface area contributed by atoms with Crippen molar-refractivity contribution >= 4 is 27.0 Å². The first-order valence-corrected chi connectivity index (χ1v) is 7.55. The van der Waals surface area contributed by atoms with Crippen LogP contribution in [0.2, 0.25) is 0 Å². The van der Waals surface area contributed by atoms with E-state index in [1.807, 2.05) is 18.2 Å². The van der Waals surface area contributed by atoms with Crippen molar-refractivity contribution in [2.45, 2.75) is 26.2 Å². The van der Waals surface area contributed by atoms with Gasteiger partial charge in [0.25, 0.3) is 0 Å². The molecule has 102 valence electrons. The Bertz CT molecular complexity index is 728. The molecule has 0 spiro atoms. The first kappa shape index (κ1) is 13.4. The molecule has 3 heteroatoms. The van der Waals surface area contributed by atoms with Gasteiger partial charge < -0.3 is 4.42 Å². The van der Waals surface area contributed by atoms with E-state index in [9.17, 15) is 0 Å². The highest BCUT2D eigenvalue weighted by Crippen LogP contribution is 2.23. The number of halogens is 1. The molecule has 0 radical (unpaired) electrons. The van der Waals surface area contributed by atoms with Crippen molar-refractivity contribution in [1.29, 1.82) is 0 Å². The molecular weight excluding hydrogens is 314 g/mol. The van der Waals surface area contributed by atoms with Crippen molar-refractivity contribution in [1.82, 2.24) is 4.98 Å². The molecule has 3 aromatic rings. The number of hydrogen-bond acceptors (Lipinski definition) is 2. The van der Waals surface area contributed by atoms with E-state index in [-0.39, 0.29) is 0 Å². The molecule has 20 heavy (non-hydrogen) atoms.